The summed E-state index contributed by atoms with van der Waals surface area (Å²) >= 11 is 0. The molecule has 1 aliphatic rings. The van der Waals surface area contributed by atoms with Crippen molar-refractivity contribution in [2.24, 2.45) is 11.7 Å². The van der Waals surface area contributed by atoms with Gasteiger partial charge in [-0.05, 0) is 25.7 Å². The van der Waals surface area contributed by atoms with Gasteiger partial charge in [0.1, 0.15) is 0 Å². The Morgan fingerprint density at radius 3 is 3.13 bits per heavy atom. The van der Waals surface area contributed by atoms with E-state index in [-0.39, 0.29) is 6.04 Å². The molecule has 2 rings (SSSR count). The highest BCUT2D eigenvalue weighted by molar-refractivity contribution is 5.02. The van der Waals surface area contributed by atoms with Crippen molar-refractivity contribution in [2.45, 2.75) is 32.4 Å². The van der Waals surface area contributed by atoms with Crippen molar-refractivity contribution in [3.05, 3.63) is 18.2 Å². The summed E-state index contributed by atoms with van der Waals surface area (Å²) in [4.78, 5) is 4.10. The molecule has 0 bridgehead atoms. The lowest BCUT2D eigenvalue weighted by Crippen LogP contribution is -2.14. The molecule has 1 saturated carbocycles. The molecule has 4 heteroatoms. The number of aromatic nitrogens is 2. The molecule has 1 aliphatic carbocycles. The number of rotatable bonds is 6. The maximum atomic E-state index is 5.82. The van der Waals surface area contributed by atoms with E-state index < -0.39 is 0 Å². The topological polar surface area (TPSA) is 53.1 Å². The second-order valence-corrected chi connectivity index (χ2v) is 4.32. The second kappa shape index (κ2) is 4.77. The quantitative estimate of drug-likeness (QED) is 0.719. The molecule has 84 valence electrons. The summed E-state index contributed by atoms with van der Waals surface area (Å²) < 4.78 is 7.64. The van der Waals surface area contributed by atoms with E-state index in [1.165, 1.54) is 12.8 Å². The molecule has 0 spiro atoms. The van der Waals surface area contributed by atoms with Gasteiger partial charge < -0.3 is 15.0 Å². The standard InChI is InChI=1S/C11H19N3O/c1-9(12)11-6-13-8-14(11)4-5-15-7-10-2-3-10/h6,8-10H,2-5,7,12H2,1H3. The first-order valence-corrected chi connectivity index (χ1v) is 5.60. The predicted molar refractivity (Wildman–Crippen MR) is 58.4 cm³/mol. The van der Waals surface area contributed by atoms with Crippen molar-refractivity contribution >= 4 is 0 Å². The number of ether oxygens (including phenoxy) is 1. The van der Waals surface area contributed by atoms with Crippen LogP contribution in [-0.4, -0.2) is 22.8 Å². The number of hydrogen-bond donors (Lipinski definition) is 1. The Labute approximate surface area is 90.4 Å². The zero-order valence-corrected chi connectivity index (χ0v) is 9.22. The van der Waals surface area contributed by atoms with Gasteiger partial charge in [0.15, 0.2) is 0 Å². The average Bonchev–Trinajstić information content (AvgIpc) is 2.90. The van der Waals surface area contributed by atoms with E-state index in [1.54, 1.807) is 0 Å². The van der Waals surface area contributed by atoms with Crippen LogP contribution in [0.3, 0.4) is 0 Å². The van der Waals surface area contributed by atoms with E-state index in [2.05, 4.69) is 9.55 Å². The number of imidazole rings is 1. The van der Waals surface area contributed by atoms with Crippen LogP contribution in [0.25, 0.3) is 0 Å². The van der Waals surface area contributed by atoms with E-state index in [4.69, 9.17) is 10.5 Å². The highest BCUT2D eigenvalue weighted by Crippen LogP contribution is 2.28. The zero-order chi connectivity index (χ0) is 10.7. The minimum Gasteiger partial charge on any atom is -0.379 e. The van der Waals surface area contributed by atoms with Crippen LogP contribution in [0, 0.1) is 5.92 Å². The normalized spacial score (nSPS) is 18.0. The van der Waals surface area contributed by atoms with Gasteiger partial charge in [0.25, 0.3) is 0 Å². The van der Waals surface area contributed by atoms with Crippen molar-refractivity contribution in [1.29, 1.82) is 0 Å². The average molecular weight is 209 g/mol. The first-order valence-electron chi connectivity index (χ1n) is 5.60. The highest BCUT2D eigenvalue weighted by atomic mass is 16.5. The molecule has 0 amide bonds. The first kappa shape index (κ1) is 10.6. The second-order valence-electron chi connectivity index (χ2n) is 4.32. The Kier molecular flexibility index (Phi) is 3.38. The Hall–Kier alpha value is -0.870. The third-order valence-electron chi connectivity index (χ3n) is 2.74. The zero-order valence-electron chi connectivity index (χ0n) is 9.22. The van der Waals surface area contributed by atoms with E-state index in [0.717, 1.165) is 31.4 Å². The van der Waals surface area contributed by atoms with Crippen molar-refractivity contribution < 1.29 is 4.74 Å². The summed E-state index contributed by atoms with van der Waals surface area (Å²) in [6.07, 6.45) is 6.33. The molecule has 15 heavy (non-hydrogen) atoms. The summed E-state index contributed by atoms with van der Waals surface area (Å²) in [5.41, 5.74) is 6.89. The predicted octanol–water partition coefficient (Wildman–Crippen LogP) is 1.33. The lowest BCUT2D eigenvalue weighted by atomic mass is 10.3. The van der Waals surface area contributed by atoms with Crippen LogP contribution in [0.4, 0.5) is 0 Å². The van der Waals surface area contributed by atoms with Gasteiger partial charge >= 0.3 is 0 Å². The van der Waals surface area contributed by atoms with Crippen LogP contribution < -0.4 is 5.73 Å². The largest absolute Gasteiger partial charge is 0.379 e. The number of nitrogens with two attached hydrogens (primary N) is 1. The first-order chi connectivity index (χ1) is 7.27. The molecule has 1 aromatic heterocycles. The Morgan fingerprint density at radius 2 is 2.47 bits per heavy atom. The fraction of sp³-hybridized carbons (Fsp3) is 0.727. The van der Waals surface area contributed by atoms with Crippen LogP contribution in [0.2, 0.25) is 0 Å². The summed E-state index contributed by atoms with van der Waals surface area (Å²) in [7, 11) is 0. The molecule has 1 fully saturated rings. The van der Waals surface area contributed by atoms with Gasteiger partial charge in [0, 0.05) is 25.4 Å². The minimum absolute atomic E-state index is 0.0379. The highest BCUT2D eigenvalue weighted by Gasteiger charge is 2.20. The molecule has 2 N–H and O–H groups in total. The summed E-state index contributed by atoms with van der Waals surface area (Å²) in [6.45, 7) is 4.50. The van der Waals surface area contributed by atoms with Crippen LogP contribution in [0.1, 0.15) is 31.5 Å². The molecule has 1 heterocycles. The maximum absolute atomic E-state index is 5.82. The summed E-state index contributed by atoms with van der Waals surface area (Å²) in [5.74, 6) is 0.834. The third-order valence-corrected chi connectivity index (χ3v) is 2.74. The van der Waals surface area contributed by atoms with Crippen molar-refractivity contribution in [3.63, 3.8) is 0 Å². The van der Waals surface area contributed by atoms with E-state index >= 15 is 0 Å². The molecule has 4 nitrogen and oxygen atoms in total. The molecule has 0 radical (unpaired) electrons. The van der Waals surface area contributed by atoms with Crippen molar-refractivity contribution in [2.75, 3.05) is 13.2 Å². The smallest absolute Gasteiger partial charge is 0.0949 e. The van der Waals surface area contributed by atoms with Crippen molar-refractivity contribution in [1.82, 2.24) is 9.55 Å². The van der Waals surface area contributed by atoms with Gasteiger partial charge in [0.2, 0.25) is 0 Å². The molecule has 0 aromatic carbocycles. The van der Waals surface area contributed by atoms with Gasteiger partial charge in [0.05, 0.1) is 18.6 Å². The fourth-order valence-electron chi connectivity index (χ4n) is 1.59. The summed E-state index contributed by atoms with van der Waals surface area (Å²) in [5, 5.41) is 0. The Bertz CT molecular complexity index is 305. The van der Waals surface area contributed by atoms with Crippen LogP contribution in [0.5, 0.6) is 0 Å². The SMILES string of the molecule is CC(N)c1cncn1CCOCC1CC1. The molecule has 1 unspecified atom stereocenters. The van der Waals surface area contributed by atoms with E-state index in [0.29, 0.717) is 0 Å². The lowest BCUT2D eigenvalue weighted by Gasteiger charge is -2.10. The Morgan fingerprint density at radius 1 is 1.67 bits per heavy atom. The van der Waals surface area contributed by atoms with Crippen molar-refractivity contribution in [3.8, 4) is 0 Å². The van der Waals surface area contributed by atoms with Gasteiger partial charge in [-0.2, -0.15) is 0 Å². The van der Waals surface area contributed by atoms with Crippen LogP contribution >= 0.6 is 0 Å². The monoisotopic (exact) mass is 209 g/mol. The number of hydrogen-bond acceptors (Lipinski definition) is 3. The third kappa shape index (κ3) is 3.04. The van der Waals surface area contributed by atoms with Gasteiger partial charge in [-0.15, -0.1) is 0 Å². The minimum atomic E-state index is 0.0379. The molecule has 0 aliphatic heterocycles. The molecular formula is C11H19N3O. The van der Waals surface area contributed by atoms with Crippen LogP contribution in [-0.2, 0) is 11.3 Å². The van der Waals surface area contributed by atoms with Gasteiger partial charge in [-0.1, -0.05) is 0 Å². The number of nitrogens with zero attached hydrogens (tertiary/aromatic N) is 2. The fourth-order valence-corrected chi connectivity index (χ4v) is 1.59. The van der Waals surface area contributed by atoms with Gasteiger partial charge in [-0.25, -0.2) is 4.98 Å². The van der Waals surface area contributed by atoms with Crippen LogP contribution in [0.15, 0.2) is 12.5 Å². The van der Waals surface area contributed by atoms with E-state index in [9.17, 15) is 0 Å². The lowest BCUT2D eigenvalue weighted by molar-refractivity contribution is 0.116. The molecule has 0 saturated heterocycles. The molecular weight excluding hydrogens is 190 g/mol. The van der Waals surface area contributed by atoms with E-state index in [1.807, 2.05) is 19.4 Å². The maximum Gasteiger partial charge on any atom is 0.0949 e. The molecule has 1 aromatic rings. The summed E-state index contributed by atoms with van der Waals surface area (Å²) in [6, 6.07) is 0.0379. The molecule has 1 atom stereocenters. The van der Waals surface area contributed by atoms with Gasteiger partial charge in [-0.3, -0.25) is 0 Å². The Balaban J connectivity index is 1.73.